The predicted molar refractivity (Wildman–Crippen MR) is 90.7 cm³/mol. The molecule has 0 amide bonds. The van der Waals surface area contributed by atoms with Crippen molar-refractivity contribution in [1.82, 2.24) is 0 Å². The van der Waals surface area contributed by atoms with E-state index in [2.05, 4.69) is 34.6 Å². The molecule has 6 atom stereocenters. The van der Waals surface area contributed by atoms with Crippen LogP contribution in [0.15, 0.2) is 0 Å². The van der Waals surface area contributed by atoms with Crippen molar-refractivity contribution in [2.75, 3.05) is 0 Å². The molecule has 2 heteroatoms. The fourth-order valence-corrected chi connectivity index (χ4v) is 5.76. The number of ether oxygens (including phenoxy) is 2. The van der Waals surface area contributed by atoms with Crippen molar-refractivity contribution < 1.29 is 9.47 Å². The highest BCUT2D eigenvalue weighted by Gasteiger charge is 2.69. The summed E-state index contributed by atoms with van der Waals surface area (Å²) in [5.74, 6) is 1.59. The van der Waals surface area contributed by atoms with Crippen molar-refractivity contribution in [2.45, 2.75) is 104 Å². The zero-order chi connectivity index (χ0) is 16.0. The van der Waals surface area contributed by atoms with Crippen LogP contribution < -0.4 is 0 Å². The number of hydrogen-bond donors (Lipinski definition) is 0. The third kappa shape index (κ3) is 2.55. The van der Waals surface area contributed by atoms with E-state index >= 15 is 0 Å². The Morgan fingerprint density at radius 3 is 2.64 bits per heavy atom. The smallest absolute Gasteiger partial charge is 0.158 e. The van der Waals surface area contributed by atoms with Crippen LogP contribution in [0.3, 0.4) is 0 Å². The second-order valence-electron chi connectivity index (χ2n) is 8.97. The maximum absolute atomic E-state index is 6.43. The average molecular weight is 309 g/mol. The molecule has 128 valence electrons. The summed E-state index contributed by atoms with van der Waals surface area (Å²) in [6.07, 6.45) is 11.2. The van der Waals surface area contributed by atoms with Gasteiger partial charge in [-0.25, -0.2) is 0 Å². The van der Waals surface area contributed by atoms with Gasteiger partial charge in [-0.3, -0.25) is 0 Å². The molecule has 0 N–H and O–H groups in total. The van der Waals surface area contributed by atoms with E-state index < -0.39 is 0 Å². The molecule has 0 aromatic carbocycles. The summed E-state index contributed by atoms with van der Waals surface area (Å²) < 4.78 is 12.7. The number of rotatable bonds is 7. The van der Waals surface area contributed by atoms with Gasteiger partial charge in [0.25, 0.3) is 0 Å². The molecule has 1 aliphatic heterocycles. The lowest BCUT2D eigenvalue weighted by molar-refractivity contribution is -0.183. The van der Waals surface area contributed by atoms with Crippen LogP contribution in [0.25, 0.3) is 0 Å². The predicted octanol–water partition coefficient (Wildman–Crippen LogP) is 5.55. The van der Waals surface area contributed by atoms with Gasteiger partial charge < -0.3 is 9.47 Å². The lowest BCUT2D eigenvalue weighted by Crippen LogP contribution is -2.38. The Balaban J connectivity index is 1.50. The minimum atomic E-state index is 0.0622. The second-order valence-corrected chi connectivity index (χ2v) is 8.97. The lowest BCUT2D eigenvalue weighted by Gasteiger charge is -2.38. The van der Waals surface area contributed by atoms with Crippen molar-refractivity contribution in [1.29, 1.82) is 0 Å². The molecule has 0 unspecified atom stereocenters. The quantitative estimate of drug-likeness (QED) is 0.574. The molecule has 1 heterocycles. The molecule has 2 bridgehead atoms. The summed E-state index contributed by atoms with van der Waals surface area (Å²) in [6.45, 7) is 11.9. The van der Waals surface area contributed by atoms with Crippen molar-refractivity contribution in [3.8, 4) is 0 Å². The average Bonchev–Trinajstić information content (AvgIpc) is 3.01. The summed E-state index contributed by atoms with van der Waals surface area (Å²) >= 11 is 0. The Kier molecular flexibility index (Phi) is 4.64. The van der Waals surface area contributed by atoms with Crippen LogP contribution in [-0.2, 0) is 9.47 Å². The van der Waals surface area contributed by atoms with Gasteiger partial charge in [0.15, 0.2) is 6.29 Å². The minimum absolute atomic E-state index is 0.0622. The van der Waals surface area contributed by atoms with E-state index in [0.29, 0.717) is 23.0 Å². The van der Waals surface area contributed by atoms with Crippen LogP contribution in [-0.4, -0.2) is 18.5 Å². The normalized spacial score (nSPS) is 43.5. The molecule has 0 spiro atoms. The Morgan fingerprint density at radius 1 is 1.18 bits per heavy atom. The van der Waals surface area contributed by atoms with Crippen molar-refractivity contribution in [2.24, 2.45) is 22.7 Å². The summed E-state index contributed by atoms with van der Waals surface area (Å²) in [6, 6.07) is 0. The standard InChI is InChI=1S/C20H36O2/c1-6-7-8-9-10-14(2)21-17-13-15-16-11-12-20(5,18(15)22-17)19(16,3)4/h14-18H,6-13H2,1-5H3/t14-,15+,16-,17+,18+,20+/m1/s1. The molecular formula is C20H36O2. The molecule has 22 heavy (non-hydrogen) atoms. The maximum atomic E-state index is 6.43. The Morgan fingerprint density at radius 2 is 1.95 bits per heavy atom. The summed E-state index contributed by atoms with van der Waals surface area (Å²) in [4.78, 5) is 0. The molecule has 0 radical (unpaired) electrons. The monoisotopic (exact) mass is 308 g/mol. The van der Waals surface area contributed by atoms with Gasteiger partial charge in [-0.1, -0.05) is 53.4 Å². The van der Waals surface area contributed by atoms with Crippen LogP contribution in [0.2, 0.25) is 0 Å². The van der Waals surface area contributed by atoms with Crippen LogP contribution >= 0.6 is 0 Å². The van der Waals surface area contributed by atoms with Gasteiger partial charge in [0.2, 0.25) is 0 Å². The molecule has 3 aliphatic rings. The summed E-state index contributed by atoms with van der Waals surface area (Å²) in [5, 5.41) is 0. The van der Waals surface area contributed by atoms with Crippen LogP contribution in [0.4, 0.5) is 0 Å². The van der Waals surface area contributed by atoms with Gasteiger partial charge in [-0.05, 0) is 48.9 Å². The highest BCUT2D eigenvalue weighted by molar-refractivity contribution is 5.16. The van der Waals surface area contributed by atoms with E-state index in [9.17, 15) is 0 Å². The highest BCUT2D eigenvalue weighted by Crippen LogP contribution is 2.71. The minimum Gasteiger partial charge on any atom is -0.350 e. The zero-order valence-electron chi connectivity index (χ0n) is 15.4. The van der Waals surface area contributed by atoms with E-state index in [-0.39, 0.29) is 6.29 Å². The Labute approximate surface area is 137 Å². The van der Waals surface area contributed by atoms with Gasteiger partial charge in [0.05, 0.1) is 12.2 Å². The third-order valence-corrected chi connectivity index (χ3v) is 7.52. The number of fused-ring (bicyclic) bond motifs is 5. The fourth-order valence-electron chi connectivity index (χ4n) is 5.76. The third-order valence-electron chi connectivity index (χ3n) is 7.52. The molecule has 3 fully saturated rings. The zero-order valence-corrected chi connectivity index (χ0v) is 15.4. The van der Waals surface area contributed by atoms with Gasteiger partial charge in [0.1, 0.15) is 0 Å². The molecule has 0 aromatic heterocycles. The number of hydrogen-bond acceptors (Lipinski definition) is 2. The topological polar surface area (TPSA) is 18.5 Å². The summed E-state index contributed by atoms with van der Waals surface area (Å²) in [7, 11) is 0. The molecule has 2 nitrogen and oxygen atoms in total. The molecule has 2 saturated carbocycles. The fraction of sp³-hybridized carbons (Fsp3) is 1.00. The first-order valence-corrected chi connectivity index (χ1v) is 9.71. The van der Waals surface area contributed by atoms with Crippen molar-refractivity contribution in [3.05, 3.63) is 0 Å². The van der Waals surface area contributed by atoms with Crippen molar-refractivity contribution in [3.63, 3.8) is 0 Å². The molecule has 3 rings (SSSR count). The first kappa shape index (κ1) is 16.8. The SMILES string of the molecule is CCCCCC[C@@H](C)O[C@@H]1C[C@H]2[C@H]3CC[C@@](C)([C@H]2O1)C3(C)C. The lowest BCUT2D eigenvalue weighted by atomic mass is 9.70. The first-order valence-electron chi connectivity index (χ1n) is 9.71. The Hall–Kier alpha value is -0.0800. The molecular weight excluding hydrogens is 272 g/mol. The Bertz CT molecular complexity index is 391. The van der Waals surface area contributed by atoms with Gasteiger partial charge in [0, 0.05) is 6.42 Å². The van der Waals surface area contributed by atoms with Gasteiger partial charge in [-0.2, -0.15) is 0 Å². The molecule has 1 saturated heterocycles. The van der Waals surface area contributed by atoms with E-state index in [1.807, 2.05) is 0 Å². The summed E-state index contributed by atoms with van der Waals surface area (Å²) in [5.41, 5.74) is 0.809. The van der Waals surface area contributed by atoms with E-state index in [4.69, 9.17) is 9.47 Å². The second kappa shape index (κ2) is 6.09. The first-order chi connectivity index (χ1) is 10.4. The largest absolute Gasteiger partial charge is 0.350 e. The highest BCUT2D eigenvalue weighted by atomic mass is 16.7. The van der Waals surface area contributed by atoms with Crippen LogP contribution in [0, 0.1) is 22.7 Å². The van der Waals surface area contributed by atoms with Gasteiger partial charge >= 0.3 is 0 Å². The maximum Gasteiger partial charge on any atom is 0.158 e. The molecule has 0 aromatic rings. The van der Waals surface area contributed by atoms with Crippen LogP contribution in [0.1, 0.15) is 86.0 Å². The molecule has 2 aliphatic carbocycles. The number of unbranched alkanes of at least 4 members (excludes halogenated alkanes) is 3. The van der Waals surface area contributed by atoms with E-state index in [1.165, 1.54) is 44.9 Å². The van der Waals surface area contributed by atoms with E-state index in [1.54, 1.807) is 0 Å². The van der Waals surface area contributed by atoms with Crippen LogP contribution in [0.5, 0.6) is 0 Å². The van der Waals surface area contributed by atoms with E-state index in [0.717, 1.165) is 18.3 Å². The van der Waals surface area contributed by atoms with Crippen molar-refractivity contribution >= 4 is 0 Å². The van der Waals surface area contributed by atoms with Gasteiger partial charge in [-0.15, -0.1) is 0 Å².